The van der Waals surface area contributed by atoms with Crippen molar-refractivity contribution in [2.45, 2.75) is 38.8 Å². The zero-order valence-corrected chi connectivity index (χ0v) is 14.5. The van der Waals surface area contributed by atoms with Crippen molar-refractivity contribution < 1.29 is 28.6 Å². The first kappa shape index (κ1) is 17.1. The number of imide groups is 1. The number of hydrogen-bond donors (Lipinski definition) is 1. The lowest BCUT2D eigenvalue weighted by Gasteiger charge is -2.23. The van der Waals surface area contributed by atoms with Crippen LogP contribution in [-0.4, -0.2) is 41.7 Å². The number of fused-ring (bicyclic) bond motifs is 1. The summed E-state index contributed by atoms with van der Waals surface area (Å²) in [6, 6.07) is 4.37. The van der Waals surface area contributed by atoms with Gasteiger partial charge in [-0.1, -0.05) is 6.07 Å². The lowest BCUT2D eigenvalue weighted by molar-refractivity contribution is -0.157. The minimum Gasteiger partial charge on any atom is -0.459 e. The summed E-state index contributed by atoms with van der Waals surface area (Å²) in [5.74, 6) is -0.0886. The Kier molecular flexibility index (Phi) is 3.85. The van der Waals surface area contributed by atoms with Crippen LogP contribution in [0.3, 0.4) is 0 Å². The highest BCUT2D eigenvalue weighted by Gasteiger charge is 2.50. The van der Waals surface area contributed by atoms with Crippen molar-refractivity contribution >= 4 is 17.9 Å². The molecule has 1 N–H and O–H groups in total. The number of rotatable bonds is 3. The Morgan fingerprint density at radius 2 is 1.96 bits per heavy atom. The highest BCUT2D eigenvalue weighted by atomic mass is 16.7. The zero-order valence-electron chi connectivity index (χ0n) is 14.5. The van der Waals surface area contributed by atoms with E-state index in [0.717, 1.165) is 4.90 Å². The predicted molar refractivity (Wildman–Crippen MR) is 86.0 cm³/mol. The fourth-order valence-corrected chi connectivity index (χ4v) is 2.75. The summed E-state index contributed by atoms with van der Waals surface area (Å²) in [5.41, 5.74) is -1.45. The number of ether oxygens (including phenoxy) is 3. The number of esters is 1. The van der Waals surface area contributed by atoms with Crippen LogP contribution in [0.4, 0.5) is 4.79 Å². The van der Waals surface area contributed by atoms with Crippen molar-refractivity contribution in [3.05, 3.63) is 23.8 Å². The third-order valence-electron chi connectivity index (χ3n) is 3.93. The smallest absolute Gasteiger partial charge is 0.326 e. The van der Waals surface area contributed by atoms with Crippen LogP contribution in [0.5, 0.6) is 11.5 Å². The van der Waals surface area contributed by atoms with E-state index in [4.69, 9.17) is 14.2 Å². The molecule has 0 bridgehead atoms. The first-order valence-electron chi connectivity index (χ1n) is 7.86. The van der Waals surface area contributed by atoms with Gasteiger partial charge in [-0.05, 0) is 45.4 Å². The molecule has 0 unspecified atom stereocenters. The molecule has 0 saturated carbocycles. The highest BCUT2D eigenvalue weighted by Crippen LogP contribution is 2.37. The normalized spacial score (nSPS) is 22.2. The molecule has 0 aromatic heterocycles. The number of urea groups is 1. The van der Waals surface area contributed by atoms with Crippen molar-refractivity contribution in [3.8, 4) is 11.5 Å². The van der Waals surface area contributed by atoms with E-state index in [2.05, 4.69) is 5.32 Å². The van der Waals surface area contributed by atoms with Crippen LogP contribution in [0.25, 0.3) is 0 Å². The molecule has 8 nitrogen and oxygen atoms in total. The number of amides is 3. The summed E-state index contributed by atoms with van der Waals surface area (Å²) in [7, 11) is 0. The molecule has 1 atom stereocenters. The van der Waals surface area contributed by atoms with Gasteiger partial charge in [0, 0.05) is 0 Å². The third-order valence-corrected chi connectivity index (χ3v) is 3.93. The maximum absolute atomic E-state index is 12.8. The predicted octanol–water partition coefficient (Wildman–Crippen LogP) is 1.52. The van der Waals surface area contributed by atoms with Gasteiger partial charge in [0.15, 0.2) is 11.5 Å². The first-order chi connectivity index (χ1) is 11.6. The van der Waals surface area contributed by atoms with E-state index in [1.54, 1.807) is 45.9 Å². The standard InChI is InChI=1S/C17H20N2O6/c1-16(2,3)25-13(20)8-19-14(21)17(4,18-15(19)22)10-5-6-11-12(7-10)24-9-23-11/h5-7H,8-9H2,1-4H3,(H,18,22)/t17-/m1/s1. The molecule has 2 heterocycles. The number of nitrogens with one attached hydrogen (secondary N) is 1. The van der Waals surface area contributed by atoms with Gasteiger partial charge in [-0.3, -0.25) is 14.5 Å². The Morgan fingerprint density at radius 3 is 2.64 bits per heavy atom. The Labute approximate surface area is 145 Å². The van der Waals surface area contributed by atoms with Crippen LogP contribution < -0.4 is 14.8 Å². The second kappa shape index (κ2) is 5.65. The van der Waals surface area contributed by atoms with Gasteiger partial charge < -0.3 is 19.5 Å². The van der Waals surface area contributed by atoms with E-state index in [0.29, 0.717) is 17.1 Å². The van der Waals surface area contributed by atoms with E-state index in [1.165, 1.54) is 0 Å². The Bertz CT molecular complexity index is 754. The summed E-state index contributed by atoms with van der Waals surface area (Å²) >= 11 is 0. The molecule has 0 aliphatic carbocycles. The molecule has 1 saturated heterocycles. The molecule has 1 aromatic carbocycles. The molecule has 0 spiro atoms. The van der Waals surface area contributed by atoms with Crippen LogP contribution in [0.15, 0.2) is 18.2 Å². The minimum absolute atomic E-state index is 0.112. The van der Waals surface area contributed by atoms with Gasteiger partial charge in [0.05, 0.1) is 0 Å². The summed E-state index contributed by atoms with van der Waals surface area (Å²) in [6.07, 6.45) is 0. The average molecular weight is 348 g/mol. The van der Waals surface area contributed by atoms with E-state index >= 15 is 0 Å². The van der Waals surface area contributed by atoms with Gasteiger partial charge >= 0.3 is 12.0 Å². The maximum Gasteiger partial charge on any atom is 0.326 e. The lowest BCUT2D eigenvalue weighted by Crippen LogP contribution is -2.42. The molecule has 2 aliphatic heterocycles. The van der Waals surface area contributed by atoms with Gasteiger partial charge in [0.1, 0.15) is 17.7 Å². The van der Waals surface area contributed by atoms with Crippen molar-refractivity contribution in [2.75, 3.05) is 13.3 Å². The second-order valence-electron chi connectivity index (χ2n) is 7.10. The summed E-state index contributed by atoms with van der Waals surface area (Å²) in [4.78, 5) is 37.9. The maximum atomic E-state index is 12.8. The fourth-order valence-electron chi connectivity index (χ4n) is 2.75. The van der Waals surface area contributed by atoms with Crippen LogP contribution >= 0.6 is 0 Å². The Hall–Kier alpha value is -2.77. The minimum atomic E-state index is -1.29. The third kappa shape index (κ3) is 3.11. The monoisotopic (exact) mass is 348 g/mol. The topological polar surface area (TPSA) is 94.2 Å². The van der Waals surface area contributed by atoms with Gasteiger partial charge in [-0.25, -0.2) is 4.79 Å². The summed E-state index contributed by atoms with van der Waals surface area (Å²) in [6.45, 7) is 6.40. The number of hydrogen-bond acceptors (Lipinski definition) is 6. The molecular formula is C17H20N2O6. The molecule has 3 amide bonds. The molecule has 134 valence electrons. The van der Waals surface area contributed by atoms with Crippen molar-refractivity contribution in [2.24, 2.45) is 0 Å². The van der Waals surface area contributed by atoms with Crippen LogP contribution in [0.1, 0.15) is 33.3 Å². The SMILES string of the molecule is CC(C)(C)OC(=O)CN1C(=O)N[C@](C)(c2ccc3c(c2)OCO3)C1=O. The molecule has 1 aromatic rings. The zero-order chi connectivity index (χ0) is 18.4. The van der Waals surface area contributed by atoms with Crippen LogP contribution in [0, 0.1) is 0 Å². The molecule has 25 heavy (non-hydrogen) atoms. The highest BCUT2D eigenvalue weighted by molar-refractivity contribution is 6.08. The van der Waals surface area contributed by atoms with Gasteiger partial charge in [-0.15, -0.1) is 0 Å². The van der Waals surface area contributed by atoms with E-state index < -0.39 is 35.6 Å². The van der Waals surface area contributed by atoms with E-state index in [1.807, 2.05) is 0 Å². The number of carbonyl (C=O) groups excluding carboxylic acids is 3. The first-order valence-corrected chi connectivity index (χ1v) is 7.86. The molecule has 8 heteroatoms. The van der Waals surface area contributed by atoms with E-state index in [-0.39, 0.29) is 6.79 Å². The van der Waals surface area contributed by atoms with Gasteiger partial charge in [0.2, 0.25) is 6.79 Å². The largest absolute Gasteiger partial charge is 0.459 e. The molecule has 3 rings (SSSR count). The van der Waals surface area contributed by atoms with Crippen molar-refractivity contribution in [1.29, 1.82) is 0 Å². The Morgan fingerprint density at radius 1 is 1.28 bits per heavy atom. The lowest BCUT2D eigenvalue weighted by atomic mass is 9.91. The van der Waals surface area contributed by atoms with Crippen LogP contribution in [0.2, 0.25) is 0 Å². The van der Waals surface area contributed by atoms with Crippen LogP contribution in [-0.2, 0) is 19.9 Å². The number of benzene rings is 1. The molecule has 1 fully saturated rings. The summed E-state index contributed by atoms with van der Waals surface area (Å²) in [5, 5.41) is 2.64. The summed E-state index contributed by atoms with van der Waals surface area (Å²) < 4.78 is 15.8. The molecular weight excluding hydrogens is 328 g/mol. The van der Waals surface area contributed by atoms with Crippen molar-refractivity contribution in [1.82, 2.24) is 10.2 Å². The molecule has 0 radical (unpaired) electrons. The molecule has 2 aliphatic rings. The Balaban J connectivity index is 1.81. The van der Waals surface area contributed by atoms with E-state index in [9.17, 15) is 14.4 Å². The quantitative estimate of drug-likeness (QED) is 0.657. The second-order valence-corrected chi connectivity index (χ2v) is 7.10. The number of nitrogens with zero attached hydrogens (tertiary/aromatic N) is 1. The van der Waals surface area contributed by atoms with Crippen molar-refractivity contribution in [3.63, 3.8) is 0 Å². The fraction of sp³-hybridized carbons (Fsp3) is 0.471. The van der Waals surface area contributed by atoms with Gasteiger partial charge in [-0.2, -0.15) is 0 Å². The van der Waals surface area contributed by atoms with Gasteiger partial charge in [0.25, 0.3) is 5.91 Å². The average Bonchev–Trinajstić information content (AvgIpc) is 3.04. The number of carbonyl (C=O) groups is 3.